The summed E-state index contributed by atoms with van der Waals surface area (Å²) in [6.45, 7) is 0. The highest BCUT2D eigenvalue weighted by Crippen LogP contribution is 2.42. The lowest BCUT2D eigenvalue weighted by Gasteiger charge is -2.14. The van der Waals surface area contributed by atoms with Gasteiger partial charge in [-0.1, -0.05) is 133 Å². The zero-order valence-corrected chi connectivity index (χ0v) is 29.4. The van der Waals surface area contributed by atoms with Crippen molar-refractivity contribution in [3.8, 4) is 34.4 Å². The van der Waals surface area contributed by atoms with Gasteiger partial charge in [0.2, 0.25) is 5.95 Å². The van der Waals surface area contributed by atoms with Crippen LogP contribution in [-0.4, -0.2) is 24.1 Å². The maximum atomic E-state index is 6.28. The van der Waals surface area contributed by atoms with Gasteiger partial charge in [0.15, 0.2) is 11.6 Å². The number of aromatic nitrogens is 5. The first-order valence-corrected chi connectivity index (χ1v) is 18.5. The molecule has 0 aliphatic carbocycles. The largest absolute Gasteiger partial charge is 0.456 e. The van der Waals surface area contributed by atoms with Crippen molar-refractivity contribution in [3.05, 3.63) is 176 Å². The maximum Gasteiger partial charge on any atom is 0.238 e. The van der Waals surface area contributed by atoms with Crippen LogP contribution in [0.25, 0.3) is 111 Å². The summed E-state index contributed by atoms with van der Waals surface area (Å²) in [7, 11) is 0. The molecule has 4 heterocycles. The van der Waals surface area contributed by atoms with E-state index in [0.29, 0.717) is 17.6 Å². The van der Waals surface area contributed by atoms with Crippen molar-refractivity contribution in [1.29, 1.82) is 0 Å². The fourth-order valence-corrected chi connectivity index (χ4v) is 8.55. The molecule has 0 saturated carbocycles. The van der Waals surface area contributed by atoms with Crippen LogP contribution in [0.3, 0.4) is 0 Å². The van der Waals surface area contributed by atoms with Crippen LogP contribution in [0.5, 0.6) is 0 Å². The Kier molecular flexibility index (Phi) is 6.24. The molecule has 0 N–H and O–H groups in total. The van der Waals surface area contributed by atoms with E-state index in [1.54, 1.807) is 0 Å². The van der Waals surface area contributed by atoms with Crippen molar-refractivity contribution in [2.45, 2.75) is 0 Å². The molecule has 0 aliphatic rings. The van der Waals surface area contributed by atoms with Gasteiger partial charge in [0.25, 0.3) is 0 Å². The zero-order chi connectivity index (χ0) is 36.0. The normalized spacial score (nSPS) is 12.0. The Morgan fingerprint density at radius 1 is 0.382 bits per heavy atom. The molecular weight excluding hydrogens is 675 g/mol. The van der Waals surface area contributed by atoms with E-state index in [4.69, 9.17) is 19.4 Å². The smallest absolute Gasteiger partial charge is 0.238 e. The molecule has 0 saturated heterocycles. The number of nitrogens with zero attached hydrogens (tertiary/aromatic N) is 5. The number of furan rings is 1. The highest BCUT2D eigenvalue weighted by molar-refractivity contribution is 6.23. The van der Waals surface area contributed by atoms with Gasteiger partial charge in [-0.2, -0.15) is 9.97 Å². The lowest BCUT2D eigenvalue weighted by molar-refractivity contribution is 0.669. The fourth-order valence-electron chi connectivity index (χ4n) is 8.55. The van der Waals surface area contributed by atoms with Crippen LogP contribution in [0, 0.1) is 0 Å². The van der Waals surface area contributed by atoms with Crippen LogP contribution in [0.2, 0.25) is 0 Å². The number of fused-ring (bicyclic) bond motifs is 11. The zero-order valence-electron chi connectivity index (χ0n) is 29.4. The van der Waals surface area contributed by atoms with Gasteiger partial charge in [-0.05, 0) is 53.2 Å². The molecule has 0 radical (unpaired) electrons. The molecular formula is C49H29N5O. The maximum absolute atomic E-state index is 6.28. The minimum atomic E-state index is 0.555. The molecule has 12 aromatic rings. The van der Waals surface area contributed by atoms with Gasteiger partial charge < -0.3 is 8.98 Å². The molecule has 0 aliphatic heterocycles. The van der Waals surface area contributed by atoms with Crippen LogP contribution in [0.1, 0.15) is 0 Å². The first kappa shape index (κ1) is 29.9. The molecule has 0 spiro atoms. The number of benzene rings is 8. The van der Waals surface area contributed by atoms with E-state index in [2.05, 4.69) is 155 Å². The average Bonchev–Trinajstić information content (AvgIpc) is 3.90. The van der Waals surface area contributed by atoms with Crippen LogP contribution in [-0.2, 0) is 0 Å². The Labute approximate surface area is 314 Å². The molecule has 256 valence electrons. The summed E-state index contributed by atoms with van der Waals surface area (Å²) in [4.78, 5) is 16.0. The molecule has 55 heavy (non-hydrogen) atoms. The van der Waals surface area contributed by atoms with Crippen molar-refractivity contribution in [3.63, 3.8) is 0 Å². The molecule has 6 nitrogen and oxygen atoms in total. The molecule has 8 aromatic carbocycles. The lowest BCUT2D eigenvalue weighted by Crippen LogP contribution is -2.07. The number of para-hydroxylation sites is 4. The number of rotatable bonds is 4. The van der Waals surface area contributed by atoms with Crippen molar-refractivity contribution >= 4 is 76.3 Å². The van der Waals surface area contributed by atoms with E-state index in [1.807, 2.05) is 30.3 Å². The van der Waals surface area contributed by atoms with E-state index in [-0.39, 0.29) is 0 Å². The van der Waals surface area contributed by atoms with Crippen LogP contribution < -0.4 is 0 Å². The summed E-state index contributed by atoms with van der Waals surface area (Å²) in [5, 5.41) is 8.86. The molecule has 0 atom stereocenters. The van der Waals surface area contributed by atoms with E-state index >= 15 is 0 Å². The van der Waals surface area contributed by atoms with E-state index in [9.17, 15) is 0 Å². The second-order valence-corrected chi connectivity index (χ2v) is 14.0. The molecule has 12 rings (SSSR count). The topological polar surface area (TPSA) is 61.7 Å². The van der Waals surface area contributed by atoms with Crippen LogP contribution >= 0.6 is 0 Å². The Morgan fingerprint density at radius 3 is 1.76 bits per heavy atom. The Morgan fingerprint density at radius 2 is 1.00 bits per heavy atom. The van der Waals surface area contributed by atoms with E-state index in [0.717, 1.165) is 82.4 Å². The number of hydrogen-bond acceptors (Lipinski definition) is 4. The van der Waals surface area contributed by atoms with E-state index < -0.39 is 0 Å². The summed E-state index contributed by atoms with van der Waals surface area (Å²) in [6.07, 6.45) is 0. The predicted octanol–water partition coefficient (Wildman–Crippen LogP) is 12.5. The Bertz CT molecular complexity index is 3490. The van der Waals surface area contributed by atoms with Gasteiger partial charge in [0.05, 0.1) is 22.1 Å². The van der Waals surface area contributed by atoms with Gasteiger partial charge in [0, 0.05) is 49.1 Å². The summed E-state index contributed by atoms with van der Waals surface area (Å²) in [5.41, 5.74) is 8.97. The summed E-state index contributed by atoms with van der Waals surface area (Å²) in [6, 6.07) is 61.4. The second kappa shape index (κ2) is 11.5. The SMILES string of the molecule is c1ccc(-c2nc(-c3cccc4cc5oc6ccccc6c5cc34)nc(-n3c4ccccc4c4ccc5c6ccccc6n(-c6ccccc6)c5c43)n2)cc1. The Hall–Kier alpha value is -7.57. The fraction of sp³-hybridized carbons (Fsp3) is 0. The Balaban J connectivity index is 1.22. The standard InChI is InChI=1S/C49H29N5O/c1-3-14-30(15-4-1)47-50-48(38-22-13-16-31-28-44-40(29-39(31)38)35-21-9-12-25-43(35)55-44)52-49(51-47)54-42-24-11-8-20-34(42)37-27-26-36-33-19-7-10-23-41(33)53(45(36)46(37)54)32-17-5-2-6-18-32/h1-29H. The third-order valence-corrected chi connectivity index (χ3v) is 11.0. The third-order valence-electron chi connectivity index (χ3n) is 11.0. The molecule has 0 bridgehead atoms. The number of hydrogen-bond donors (Lipinski definition) is 0. The summed E-state index contributed by atoms with van der Waals surface area (Å²) >= 11 is 0. The van der Waals surface area contributed by atoms with Crippen molar-refractivity contribution < 1.29 is 4.42 Å². The van der Waals surface area contributed by atoms with Crippen LogP contribution in [0.15, 0.2) is 180 Å². The van der Waals surface area contributed by atoms with Gasteiger partial charge in [-0.25, -0.2) is 4.98 Å². The molecule has 0 fully saturated rings. The highest BCUT2D eigenvalue weighted by Gasteiger charge is 2.24. The molecule has 0 unspecified atom stereocenters. The van der Waals surface area contributed by atoms with Crippen molar-refractivity contribution in [1.82, 2.24) is 24.1 Å². The predicted molar refractivity (Wildman–Crippen MR) is 224 cm³/mol. The van der Waals surface area contributed by atoms with Gasteiger partial charge in [-0.3, -0.25) is 4.57 Å². The molecule has 6 heteroatoms. The van der Waals surface area contributed by atoms with Crippen molar-refractivity contribution in [2.75, 3.05) is 0 Å². The van der Waals surface area contributed by atoms with E-state index in [1.165, 1.54) is 10.8 Å². The summed E-state index contributed by atoms with van der Waals surface area (Å²) in [5.74, 6) is 1.76. The van der Waals surface area contributed by atoms with Gasteiger partial charge in [-0.15, -0.1) is 0 Å². The minimum Gasteiger partial charge on any atom is -0.456 e. The van der Waals surface area contributed by atoms with Crippen LogP contribution in [0.4, 0.5) is 0 Å². The summed E-state index contributed by atoms with van der Waals surface area (Å²) < 4.78 is 10.9. The highest BCUT2D eigenvalue weighted by atomic mass is 16.3. The first-order valence-electron chi connectivity index (χ1n) is 18.5. The van der Waals surface area contributed by atoms with Gasteiger partial charge in [0.1, 0.15) is 11.2 Å². The average molecular weight is 704 g/mol. The second-order valence-electron chi connectivity index (χ2n) is 14.0. The monoisotopic (exact) mass is 703 g/mol. The minimum absolute atomic E-state index is 0.555. The molecule has 4 aromatic heterocycles. The first-order chi connectivity index (χ1) is 27.3. The molecule has 0 amide bonds. The van der Waals surface area contributed by atoms with Gasteiger partial charge >= 0.3 is 0 Å². The van der Waals surface area contributed by atoms with Crippen molar-refractivity contribution in [2.24, 2.45) is 0 Å². The lowest BCUT2D eigenvalue weighted by atomic mass is 10.0. The third kappa shape index (κ3) is 4.39. The quantitative estimate of drug-likeness (QED) is 0.183.